The Morgan fingerprint density at radius 1 is 1.00 bits per heavy atom. The van der Waals surface area contributed by atoms with E-state index in [2.05, 4.69) is 83.9 Å². The molecule has 3 heteroatoms. The summed E-state index contributed by atoms with van der Waals surface area (Å²) in [6.45, 7) is 2.89. The first kappa shape index (κ1) is 15.5. The molecule has 0 aliphatic heterocycles. The number of aryl methyl sites for hydroxylation is 1. The van der Waals surface area contributed by atoms with Crippen LogP contribution in [0, 0.1) is 6.92 Å². The molecule has 0 aliphatic carbocycles. The lowest BCUT2D eigenvalue weighted by molar-refractivity contribution is 0.312. The average Bonchev–Trinajstić information content (AvgIpc) is 2.55. The van der Waals surface area contributed by atoms with Gasteiger partial charge in [0.25, 0.3) is 0 Å². The number of likely N-dealkylation sites (N-methyl/N-ethyl adjacent to an activating group) is 1. The van der Waals surface area contributed by atoms with Crippen LogP contribution in [-0.2, 0) is 0 Å². The first-order valence-corrected chi connectivity index (χ1v) is 7.97. The number of para-hydroxylation sites is 1. The zero-order chi connectivity index (χ0) is 16.2. The third-order valence-electron chi connectivity index (χ3n) is 4.14. The van der Waals surface area contributed by atoms with E-state index < -0.39 is 0 Å². The molecule has 0 radical (unpaired) electrons. The Labute approximate surface area is 138 Å². The fraction of sp³-hybridized carbons (Fsp3) is 0.250. The Balaban J connectivity index is 1.87. The van der Waals surface area contributed by atoms with Gasteiger partial charge in [0.15, 0.2) is 0 Å². The van der Waals surface area contributed by atoms with Crippen molar-refractivity contribution in [3.05, 3.63) is 71.9 Å². The number of hydrogen-bond donors (Lipinski definition) is 1. The molecule has 0 aliphatic rings. The summed E-state index contributed by atoms with van der Waals surface area (Å²) in [7, 11) is 4.24. The number of benzene rings is 2. The zero-order valence-corrected chi connectivity index (χ0v) is 14.0. The van der Waals surface area contributed by atoms with E-state index in [1.165, 1.54) is 10.9 Å². The number of pyridine rings is 1. The molecule has 0 saturated heterocycles. The number of anilines is 1. The van der Waals surface area contributed by atoms with E-state index in [1.807, 2.05) is 13.0 Å². The van der Waals surface area contributed by atoms with Crippen molar-refractivity contribution in [1.82, 2.24) is 9.88 Å². The van der Waals surface area contributed by atoms with E-state index in [0.717, 1.165) is 23.4 Å². The smallest absolute Gasteiger partial charge is 0.0725 e. The fourth-order valence-corrected chi connectivity index (χ4v) is 2.93. The second kappa shape index (κ2) is 6.80. The summed E-state index contributed by atoms with van der Waals surface area (Å²) in [5.74, 6) is 0. The van der Waals surface area contributed by atoms with E-state index in [4.69, 9.17) is 0 Å². The van der Waals surface area contributed by atoms with Crippen LogP contribution >= 0.6 is 0 Å². The molecule has 1 atom stereocenters. The minimum Gasteiger partial charge on any atom is -0.383 e. The summed E-state index contributed by atoms with van der Waals surface area (Å²) in [6.07, 6.45) is 0. The minimum atomic E-state index is 0.323. The van der Waals surface area contributed by atoms with Crippen LogP contribution in [0.3, 0.4) is 0 Å². The standard InChI is InChI=1S/C20H23N3/c1-15-13-19(17-11-7-8-12-18(17)22-15)21-14-20(23(2)3)16-9-5-4-6-10-16/h4-13,20H,14H2,1-3H3,(H,21,22). The van der Waals surface area contributed by atoms with Crippen molar-refractivity contribution in [2.45, 2.75) is 13.0 Å². The minimum absolute atomic E-state index is 0.323. The zero-order valence-electron chi connectivity index (χ0n) is 14.0. The number of rotatable bonds is 5. The highest BCUT2D eigenvalue weighted by molar-refractivity contribution is 5.91. The topological polar surface area (TPSA) is 28.2 Å². The van der Waals surface area contributed by atoms with Crippen LogP contribution in [0.15, 0.2) is 60.7 Å². The highest BCUT2D eigenvalue weighted by Gasteiger charge is 2.14. The van der Waals surface area contributed by atoms with E-state index in [9.17, 15) is 0 Å². The molecular formula is C20H23N3. The Kier molecular flexibility index (Phi) is 4.58. The lowest BCUT2D eigenvalue weighted by atomic mass is 10.1. The van der Waals surface area contributed by atoms with Crippen molar-refractivity contribution in [2.24, 2.45) is 0 Å². The van der Waals surface area contributed by atoms with Crippen LogP contribution in [0.2, 0.25) is 0 Å². The summed E-state index contributed by atoms with van der Waals surface area (Å²) < 4.78 is 0. The molecule has 1 heterocycles. The molecule has 1 aromatic heterocycles. The van der Waals surface area contributed by atoms with Gasteiger partial charge in [-0.05, 0) is 38.7 Å². The molecule has 3 aromatic rings. The maximum Gasteiger partial charge on any atom is 0.0725 e. The summed E-state index contributed by atoms with van der Waals surface area (Å²) in [5, 5.41) is 4.80. The van der Waals surface area contributed by atoms with Crippen molar-refractivity contribution in [2.75, 3.05) is 26.0 Å². The third kappa shape index (κ3) is 3.51. The Hall–Kier alpha value is -2.39. The molecule has 3 rings (SSSR count). The molecule has 3 nitrogen and oxygen atoms in total. The molecule has 2 aromatic carbocycles. The van der Waals surface area contributed by atoms with Gasteiger partial charge < -0.3 is 10.2 Å². The van der Waals surface area contributed by atoms with Crippen LogP contribution in [0.5, 0.6) is 0 Å². The van der Waals surface area contributed by atoms with Gasteiger partial charge in [0.1, 0.15) is 0 Å². The monoisotopic (exact) mass is 305 g/mol. The molecule has 118 valence electrons. The van der Waals surface area contributed by atoms with E-state index >= 15 is 0 Å². The second-order valence-corrected chi connectivity index (χ2v) is 6.10. The quantitative estimate of drug-likeness (QED) is 0.763. The van der Waals surface area contributed by atoms with Gasteiger partial charge in [0.05, 0.1) is 11.6 Å². The number of hydrogen-bond acceptors (Lipinski definition) is 3. The van der Waals surface area contributed by atoms with Gasteiger partial charge in [0, 0.05) is 23.3 Å². The summed E-state index contributed by atoms with van der Waals surface area (Å²) >= 11 is 0. The largest absolute Gasteiger partial charge is 0.383 e. The van der Waals surface area contributed by atoms with E-state index in [1.54, 1.807) is 0 Å². The van der Waals surface area contributed by atoms with Crippen molar-refractivity contribution in [3.63, 3.8) is 0 Å². The maximum absolute atomic E-state index is 4.61. The summed E-state index contributed by atoms with van der Waals surface area (Å²) in [4.78, 5) is 6.85. The SMILES string of the molecule is Cc1cc(NCC(c2ccccc2)N(C)C)c2ccccc2n1. The predicted molar refractivity (Wildman–Crippen MR) is 97.8 cm³/mol. The first-order valence-electron chi connectivity index (χ1n) is 7.97. The first-order chi connectivity index (χ1) is 11.1. The highest BCUT2D eigenvalue weighted by Crippen LogP contribution is 2.25. The predicted octanol–water partition coefficient (Wildman–Crippen LogP) is 4.26. The Bertz CT molecular complexity index is 781. The molecule has 0 bridgehead atoms. The van der Waals surface area contributed by atoms with Crippen LogP contribution in [-0.4, -0.2) is 30.5 Å². The number of nitrogens with zero attached hydrogens (tertiary/aromatic N) is 2. The van der Waals surface area contributed by atoms with Crippen molar-refractivity contribution >= 4 is 16.6 Å². The molecule has 23 heavy (non-hydrogen) atoms. The van der Waals surface area contributed by atoms with Crippen LogP contribution in [0.4, 0.5) is 5.69 Å². The number of nitrogens with one attached hydrogen (secondary N) is 1. The van der Waals surface area contributed by atoms with Crippen LogP contribution < -0.4 is 5.32 Å². The molecule has 0 fully saturated rings. The van der Waals surface area contributed by atoms with Gasteiger partial charge >= 0.3 is 0 Å². The maximum atomic E-state index is 4.61. The van der Waals surface area contributed by atoms with E-state index in [-0.39, 0.29) is 0 Å². The molecule has 1 N–H and O–H groups in total. The van der Waals surface area contributed by atoms with Gasteiger partial charge in [-0.15, -0.1) is 0 Å². The molecular weight excluding hydrogens is 282 g/mol. The van der Waals surface area contributed by atoms with Crippen LogP contribution in [0.1, 0.15) is 17.3 Å². The van der Waals surface area contributed by atoms with E-state index in [0.29, 0.717) is 6.04 Å². The van der Waals surface area contributed by atoms with Gasteiger partial charge in [-0.1, -0.05) is 48.5 Å². The molecule has 0 amide bonds. The molecule has 1 unspecified atom stereocenters. The fourth-order valence-electron chi connectivity index (χ4n) is 2.93. The van der Waals surface area contributed by atoms with Gasteiger partial charge in [-0.2, -0.15) is 0 Å². The Morgan fingerprint density at radius 3 is 2.43 bits per heavy atom. The summed E-state index contributed by atoms with van der Waals surface area (Å²) in [5.41, 5.74) is 4.54. The average molecular weight is 305 g/mol. The normalized spacial score (nSPS) is 12.5. The van der Waals surface area contributed by atoms with Gasteiger partial charge in [0.2, 0.25) is 0 Å². The van der Waals surface area contributed by atoms with Crippen molar-refractivity contribution in [1.29, 1.82) is 0 Å². The summed E-state index contributed by atoms with van der Waals surface area (Å²) in [6, 6.07) is 21.3. The highest BCUT2D eigenvalue weighted by atomic mass is 15.1. The van der Waals surface area contributed by atoms with Gasteiger partial charge in [-0.3, -0.25) is 4.98 Å². The number of fused-ring (bicyclic) bond motifs is 1. The van der Waals surface area contributed by atoms with Crippen LogP contribution in [0.25, 0.3) is 10.9 Å². The lowest BCUT2D eigenvalue weighted by Crippen LogP contribution is -2.26. The number of aromatic nitrogens is 1. The van der Waals surface area contributed by atoms with Crippen molar-refractivity contribution < 1.29 is 0 Å². The Morgan fingerprint density at radius 2 is 1.70 bits per heavy atom. The lowest BCUT2D eigenvalue weighted by Gasteiger charge is -2.26. The molecule has 0 spiro atoms. The second-order valence-electron chi connectivity index (χ2n) is 6.10. The van der Waals surface area contributed by atoms with Gasteiger partial charge in [-0.25, -0.2) is 0 Å². The third-order valence-corrected chi connectivity index (χ3v) is 4.14. The molecule has 0 saturated carbocycles. The van der Waals surface area contributed by atoms with Crippen molar-refractivity contribution in [3.8, 4) is 0 Å².